The molecule has 0 aromatic heterocycles. The fourth-order valence-electron chi connectivity index (χ4n) is 3.24. The van der Waals surface area contributed by atoms with Gasteiger partial charge in [0.25, 0.3) is 0 Å². The quantitative estimate of drug-likeness (QED) is 0.866. The molecule has 2 aliphatic rings. The Kier molecular flexibility index (Phi) is 4.53. The summed E-state index contributed by atoms with van der Waals surface area (Å²) in [4.78, 5) is 11.7. The molecule has 1 atom stereocenters. The molecule has 142 valence electrons. The first-order chi connectivity index (χ1) is 12.9. The van der Waals surface area contributed by atoms with Crippen LogP contribution < -0.4 is 14.8 Å². The Morgan fingerprint density at radius 1 is 1.15 bits per heavy atom. The molecule has 2 aromatic rings. The Labute approximate surface area is 157 Å². The number of benzene rings is 2. The van der Waals surface area contributed by atoms with Gasteiger partial charge in [0.05, 0.1) is 11.4 Å². The van der Waals surface area contributed by atoms with E-state index in [1.807, 2.05) is 18.2 Å². The lowest BCUT2D eigenvalue weighted by Gasteiger charge is -2.29. The smallest absolute Gasteiger partial charge is 0.242 e. The number of nitrogens with zero attached hydrogens (tertiary/aromatic N) is 1. The van der Waals surface area contributed by atoms with Gasteiger partial charge in [0.2, 0.25) is 15.9 Å². The minimum absolute atomic E-state index is 0.0510. The van der Waals surface area contributed by atoms with Crippen LogP contribution in [0.1, 0.15) is 12.0 Å². The first-order valence-corrected chi connectivity index (χ1v) is 10.1. The van der Waals surface area contributed by atoms with E-state index in [4.69, 9.17) is 9.47 Å². The van der Waals surface area contributed by atoms with Crippen molar-refractivity contribution < 1.29 is 22.7 Å². The minimum atomic E-state index is -3.68. The Balaban J connectivity index is 1.50. The summed E-state index contributed by atoms with van der Waals surface area (Å²) in [5.41, 5.74) is 1.50. The normalized spacial score (nSPS) is 18.7. The summed E-state index contributed by atoms with van der Waals surface area (Å²) in [7, 11) is -2.15. The number of carbonyl (C=O) groups is 1. The SMILES string of the molecule is CN(CC1COc2ccccc2O1)S(=O)(=O)c1ccc2c(c1)CCC(=O)N2. The van der Waals surface area contributed by atoms with E-state index in [9.17, 15) is 13.2 Å². The van der Waals surface area contributed by atoms with Gasteiger partial charge in [0, 0.05) is 19.2 Å². The first-order valence-electron chi connectivity index (χ1n) is 8.71. The van der Waals surface area contributed by atoms with Gasteiger partial charge in [-0.05, 0) is 42.3 Å². The number of hydrogen-bond acceptors (Lipinski definition) is 5. The fourth-order valence-corrected chi connectivity index (χ4v) is 4.49. The van der Waals surface area contributed by atoms with Crippen molar-refractivity contribution in [3.8, 4) is 11.5 Å². The summed E-state index contributed by atoms with van der Waals surface area (Å²) in [6.45, 7) is 0.456. The number of aryl methyl sites for hydroxylation is 1. The van der Waals surface area contributed by atoms with E-state index in [-0.39, 0.29) is 24.0 Å². The number of hydrogen-bond donors (Lipinski definition) is 1. The number of fused-ring (bicyclic) bond motifs is 2. The van der Waals surface area contributed by atoms with Gasteiger partial charge >= 0.3 is 0 Å². The average Bonchev–Trinajstić information content (AvgIpc) is 2.67. The van der Waals surface area contributed by atoms with Crippen LogP contribution in [0.15, 0.2) is 47.4 Å². The lowest BCUT2D eigenvalue weighted by Crippen LogP contribution is -2.41. The number of sulfonamides is 1. The Morgan fingerprint density at radius 2 is 1.93 bits per heavy atom. The molecular formula is C19H20N2O5S. The van der Waals surface area contributed by atoms with Gasteiger partial charge in [-0.1, -0.05) is 12.1 Å². The highest BCUT2D eigenvalue weighted by molar-refractivity contribution is 7.89. The van der Waals surface area contributed by atoms with Crippen molar-refractivity contribution in [1.29, 1.82) is 0 Å². The minimum Gasteiger partial charge on any atom is -0.486 e. The molecule has 0 radical (unpaired) electrons. The second-order valence-corrected chi connectivity index (χ2v) is 8.70. The maximum Gasteiger partial charge on any atom is 0.242 e. The molecule has 1 unspecified atom stereocenters. The van der Waals surface area contributed by atoms with Crippen molar-refractivity contribution in [2.75, 3.05) is 25.5 Å². The second-order valence-electron chi connectivity index (χ2n) is 6.65. The van der Waals surface area contributed by atoms with Gasteiger partial charge < -0.3 is 14.8 Å². The zero-order valence-corrected chi connectivity index (χ0v) is 15.7. The molecule has 2 aliphatic heterocycles. The largest absolute Gasteiger partial charge is 0.486 e. The number of para-hydroxylation sites is 2. The van der Waals surface area contributed by atoms with Crippen LogP contribution in [0.5, 0.6) is 11.5 Å². The van der Waals surface area contributed by atoms with Crippen LogP contribution in [0, 0.1) is 0 Å². The van der Waals surface area contributed by atoms with Crippen molar-refractivity contribution in [3.63, 3.8) is 0 Å². The summed E-state index contributed by atoms with van der Waals surface area (Å²) < 4.78 is 38.7. The molecule has 0 bridgehead atoms. The molecule has 0 aliphatic carbocycles. The number of ether oxygens (including phenoxy) is 2. The van der Waals surface area contributed by atoms with Gasteiger partial charge in [-0.25, -0.2) is 8.42 Å². The highest BCUT2D eigenvalue weighted by Gasteiger charge is 2.29. The van der Waals surface area contributed by atoms with E-state index in [0.29, 0.717) is 30.0 Å². The molecule has 0 spiro atoms. The summed E-state index contributed by atoms with van der Waals surface area (Å²) >= 11 is 0. The van der Waals surface area contributed by atoms with Crippen molar-refractivity contribution in [3.05, 3.63) is 48.0 Å². The van der Waals surface area contributed by atoms with Crippen molar-refractivity contribution in [2.45, 2.75) is 23.8 Å². The topological polar surface area (TPSA) is 84.9 Å². The van der Waals surface area contributed by atoms with Crippen LogP contribution in [-0.4, -0.2) is 44.9 Å². The lowest BCUT2D eigenvalue weighted by molar-refractivity contribution is -0.116. The first kappa shape index (κ1) is 17.8. The Bertz CT molecular complexity index is 989. The summed E-state index contributed by atoms with van der Waals surface area (Å²) in [6.07, 6.45) is 0.500. The molecule has 1 amide bonds. The molecule has 0 saturated carbocycles. The van der Waals surface area contributed by atoms with Gasteiger partial charge in [0.15, 0.2) is 11.5 Å². The second kappa shape index (κ2) is 6.86. The molecule has 2 heterocycles. The monoisotopic (exact) mass is 388 g/mol. The maximum atomic E-state index is 12.9. The van der Waals surface area contributed by atoms with Gasteiger partial charge in [-0.2, -0.15) is 4.31 Å². The van der Waals surface area contributed by atoms with Crippen molar-refractivity contribution >= 4 is 21.6 Å². The van der Waals surface area contributed by atoms with Gasteiger partial charge in [-0.3, -0.25) is 4.79 Å². The number of carbonyl (C=O) groups excluding carboxylic acids is 1. The van der Waals surface area contributed by atoms with Crippen LogP contribution >= 0.6 is 0 Å². The van der Waals surface area contributed by atoms with Crippen LogP contribution in [0.25, 0.3) is 0 Å². The summed E-state index contributed by atoms with van der Waals surface area (Å²) in [6, 6.07) is 12.1. The molecule has 2 aromatic carbocycles. The molecule has 27 heavy (non-hydrogen) atoms. The molecule has 1 N–H and O–H groups in total. The third kappa shape index (κ3) is 3.50. The molecule has 4 rings (SSSR count). The summed E-state index contributed by atoms with van der Waals surface area (Å²) in [5, 5.41) is 2.76. The van der Waals surface area contributed by atoms with Gasteiger partial charge in [-0.15, -0.1) is 0 Å². The Hall–Kier alpha value is -2.58. The highest BCUT2D eigenvalue weighted by Crippen LogP contribution is 2.32. The van der Waals surface area contributed by atoms with E-state index in [1.54, 1.807) is 18.2 Å². The molecule has 0 fully saturated rings. The number of rotatable bonds is 4. The third-order valence-electron chi connectivity index (χ3n) is 4.71. The van der Waals surface area contributed by atoms with E-state index in [1.165, 1.54) is 17.4 Å². The number of amides is 1. The lowest BCUT2D eigenvalue weighted by atomic mass is 10.0. The predicted molar refractivity (Wildman–Crippen MR) is 99.6 cm³/mol. The van der Waals surface area contributed by atoms with E-state index in [0.717, 1.165) is 5.56 Å². The zero-order chi connectivity index (χ0) is 19.0. The maximum absolute atomic E-state index is 12.9. The van der Waals surface area contributed by atoms with Crippen molar-refractivity contribution in [1.82, 2.24) is 4.31 Å². The van der Waals surface area contributed by atoms with Gasteiger partial charge in [0.1, 0.15) is 12.7 Å². The van der Waals surface area contributed by atoms with E-state index < -0.39 is 16.1 Å². The molecule has 0 saturated heterocycles. The summed E-state index contributed by atoms with van der Waals surface area (Å²) in [5.74, 6) is 1.23. The number of nitrogens with one attached hydrogen (secondary N) is 1. The zero-order valence-electron chi connectivity index (χ0n) is 14.8. The number of likely N-dealkylation sites (N-methyl/N-ethyl adjacent to an activating group) is 1. The Morgan fingerprint density at radius 3 is 2.74 bits per heavy atom. The standard InChI is InChI=1S/C19H20N2O5S/c1-21(11-14-12-25-17-4-2-3-5-18(17)26-14)27(23,24)15-7-8-16-13(10-15)6-9-19(22)20-16/h2-5,7-8,10,14H,6,9,11-12H2,1H3,(H,20,22). The molecule has 8 heteroatoms. The highest BCUT2D eigenvalue weighted by atomic mass is 32.2. The fraction of sp³-hybridized carbons (Fsp3) is 0.316. The van der Waals surface area contributed by atoms with E-state index >= 15 is 0 Å². The number of anilines is 1. The predicted octanol–water partition coefficient (Wildman–Crippen LogP) is 2.03. The van der Waals surface area contributed by atoms with Crippen LogP contribution in [-0.2, 0) is 21.2 Å². The van der Waals surface area contributed by atoms with E-state index in [2.05, 4.69) is 5.32 Å². The molecular weight excluding hydrogens is 368 g/mol. The van der Waals surface area contributed by atoms with Crippen LogP contribution in [0.4, 0.5) is 5.69 Å². The third-order valence-corrected chi connectivity index (χ3v) is 6.53. The van der Waals surface area contributed by atoms with Crippen molar-refractivity contribution in [2.24, 2.45) is 0 Å². The van der Waals surface area contributed by atoms with Crippen LogP contribution in [0.2, 0.25) is 0 Å². The average molecular weight is 388 g/mol. The van der Waals surface area contributed by atoms with Crippen LogP contribution in [0.3, 0.4) is 0 Å². The molecule has 7 nitrogen and oxygen atoms in total.